The van der Waals surface area contributed by atoms with Crippen LogP contribution in [0.3, 0.4) is 0 Å². The van der Waals surface area contributed by atoms with Gasteiger partial charge in [0.05, 0.1) is 5.69 Å². The molecule has 0 bridgehead atoms. The second kappa shape index (κ2) is 3.65. The van der Waals surface area contributed by atoms with Crippen LogP contribution in [0.1, 0.15) is 11.6 Å². The molecule has 0 radical (unpaired) electrons. The molecule has 1 atom stereocenters. The molecular formula is C8H7F5N2. The normalized spacial score (nSPS) is 14.0. The van der Waals surface area contributed by atoms with E-state index in [9.17, 15) is 22.0 Å². The molecule has 0 aliphatic heterocycles. The van der Waals surface area contributed by atoms with Gasteiger partial charge in [-0.05, 0) is 6.07 Å². The van der Waals surface area contributed by atoms with Gasteiger partial charge in [0.15, 0.2) is 0 Å². The van der Waals surface area contributed by atoms with Gasteiger partial charge in [0, 0.05) is 11.6 Å². The molecule has 1 aromatic rings. The van der Waals surface area contributed by atoms with E-state index in [0.717, 1.165) is 0 Å². The third-order valence-corrected chi connectivity index (χ3v) is 1.81. The molecule has 1 aromatic carbocycles. The van der Waals surface area contributed by atoms with Gasteiger partial charge >= 0.3 is 6.18 Å². The summed E-state index contributed by atoms with van der Waals surface area (Å²) in [5, 5.41) is 0. The van der Waals surface area contributed by atoms with Gasteiger partial charge in [-0.15, -0.1) is 0 Å². The van der Waals surface area contributed by atoms with Crippen LogP contribution in [-0.4, -0.2) is 6.18 Å². The third-order valence-electron chi connectivity index (χ3n) is 1.81. The first kappa shape index (κ1) is 11.7. The van der Waals surface area contributed by atoms with Crippen molar-refractivity contribution in [3.05, 3.63) is 29.3 Å². The van der Waals surface area contributed by atoms with E-state index >= 15 is 0 Å². The quantitative estimate of drug-likeness (QED) is 0.569. The highest BCUT2D eigenvalue weighted by atomic mass is 19.4. The number of alkyl halides is 3. The Morgan fingerprint density at radius 2 is 1.67 bits per heavy atom. The van der Waals surface area contributed by atoms with Crippen molar-refractivity contribution in [2.75, 3.05) is 5.73 Å². The third kappa shape index (κ3) is 2.35. The van der Waals surface area contributed by atoms with Crippen LogP contribution in [0.4, 0.5) is 27.6 Å². The van der Waals surface area contributed by atoms with Crippen LogP contribution >= 0.6 is 0 Å². The highest BCUT2D eigenvalue weighted by Crippen LogP contribution is 2.34. The number of benzene rings is 1. The molecule has 0 aromatic heterocycles. The maximum absolute atomic E-state index is 12.8. The molecule has 2 nitrogen and oxygen atoms in total. The van der Waals surface area contributed by atoms with E-state index in [4.69, 9.17) is 11.5 Å². The van der Waals surface area contributed by atoms with E-state index in [-0.39, 0.29) is 0 Å². The summed E-state index contributed by atoms with van der Waals surface area (Å²) >= 11 is 0. The summed E-state index contributed by atoms with van der Waals surface area (Å²) in [6.45, 7) is 0. The van der Waals surface area contributed by atoms with Crippen LogP contribution in [0.2, 0.25) is 0 Å². The number of halogens is 5. The molecule has 0 amide bonds. The molecule has 0 heterocycles. The van der Waals surface area contributed by atoms with Gasteiger partial charge in [-0.2, -0.15) is 13.2 Å². The molecule has 0 aliphatic carbocycles. The zero-order valence-electron chi connectivity index (χ0n) is 7.28. The van der Waals surface area contributed by atoms with E-state index in [1.807, 2.05) is 0 Å². The largest absolute Gasteiger partial charge is 0.407 e. The summed E-state index contributed by atoms with van der Waals surface area (Å²) in [5.74, 6) is -2.42. The lowest BCUT2D eigenvalue weighted by molar-refractivity contribution is -0.149. The molecule has 15 heavy (non-hydrogen) atoms. The Morgan fingerprint density at radius 1 is 1.13 bits per heavy atom. The monoisotopic (exact) mass is 226 g/mol. The topological polar surface area (TPSA) is 52.0 Å². The molecule has 0 aliphatic rings. The maximum Gasteiger partial charge on any atom is 0.407 e. The van der Waals surface area contributed by atoms with Gasteiger partial charge < -0.3 is 11.5 Å². The second-order valence-corrected chi connectivity index (χ2v) is 2.91. The SMILES string of the molecule is Nc1c(F)cc(F)cc1[C@@H](N)C(F)(F)F. The number of hydrogen-bond donors (Lipinski definition) is 2. The first-order valence-corrected chi connectivity index (χ1v) is 3.80. The van der Waals surface area contributed by atoms with Crippen LogP contribution < -0.4 is 11.5 Å². The van der Waals surface area contributed by atoms with Crippen molar-refractivity contribution in [1.82, 2.24) is 0 Å². The van der Waals surface area contributed by atoms with Crippen LogP contribution in [0, 0.1) is 11.6 Å². The molecule has 0 spiro atoms. The number of nitrogen functional groups attached to an aromatic ring is 1. The van der Waals surface area contributed by atoms with E-state index < -0.39 is 35.1 Å². The molecule has 0 unspecified atom stereocenters. The Bertz CT molecular complexity index is 374. The molecule has 0 saturated carbocycles. The molecule has 1 rings (SSSR count). The Balaban J connectivity index is 3.25. The zero-order valence-corrected chi connectivity index (χ0v) is 7.28. The second-order valence-electron chi connectivity index (χ2n) is 2.91. The van der Waals surface area contributed by atoms with E-state index in [0.29, 0.717) is 12.1 Å². The van der Waals surface area contributed by atoms with Gasteiger partial charge in [-0.3, -0.25) is 0 Å². The summed E-state index contributed by atoms with van der Waals surface area (Å²) in [6, 6.07) is -1.64. The lowest BCUT2D eigenvalue weighted by atomic mass is 10.0. The van der Waals surface area contributed by atoms with E-state index in [1.165, 1.54) is 0 Å². The Hall–Kier alpha value is -1.37. The summed E-state index contributed by atoms with van der Waals surface area (Å²) < 4.78 is 61.9. The summed E-state index contributed by atoms with van der Waals surface area (Å²) in [5.41, 5.74) is 8.20. The van der Waals surface area contributed by atoms with Gasteiger partial charge in [-0.25, -0.2) is 8.78 Å². The summed E-state index contributed by atoms with van der Waals surface area (Å²) in [7, 11) is 0. The predicted molar refractivity (Wildman–Crippen MR) is 43.8 cm³/mol. The Kier molecular flexibility index (Phi) is 2.85. The predicted octanol–water partition coefficient (Wildman–Crippen LogP) is 2.11. The summed E-state index contributed by atoms with van der Waals surface area (Å²) in [6.07, 6.45) is -4.80. The lowest BCUT2D eigenvalue weighted by Gasteiger charge is -2.17. The van der Waals surface area contributed by atoms with Crippen LogP contribution in [-0.2, 0) is 0 Å². The van der Waals surface area contributed by atoms with Crippen molar-refractivity contribution in [2.24, 2.45) is 5.73 Å². The van der Waals surface area contributed by atoms with Gasteiger partial charge in [0.25, 0.3) is 0 Å². The number of hydrogen-bond acceptors (Lipinski definition) is 2. The molecule has 4 N–H and O–H groups in total. The number of nitrogens with two attached hydrogens (primary N) is 2. The van der Waals surface area contributed by atoms with Crippen LogP contribution in [0.15, 0.2) is 12.1 Å². The fourth-order valence-corrected chi connectivity index (χ4v) is 1.04. The van der Waals surface area contributed by atoms with Crippen molar-refractivity contribution in [3.63, 3.8) is 0 Å². The maximum atomic E-state index is 12.8. The minimum absolute atomic E-state index is 0.391. The molecule has 84 valence electrons. The molecule has 0 saturated heterocycles. The fourth-order valence-electron chi connectivity index (χ4n) is 1.04. The van der Waals surface area contributed by atoms with Crippen molar-refractivity contribution < 1.29 is 22.0 Å². The lowest BCUT2D eigenvalue weighted by Crippen LogP contribution is -2.29. The van der Waals surface area contributed by atoms with Crippen molar-refractivity contribution in [2.45, 2.75) is 12.2 Å². The van der Waals surface area contributed by atoms with Gasteiger partial charge in [-0.1, -0.05) is 0 Å². The van der Waals surface area contributed by atoms with Gasteiger partial charge in [0.2, 0.25) is 0 Å². The van der Waals surface area contributed by atoms with Crippen molar-refractivity contribution >= 4 is 5.69 Å². The van der Waals surface area contributed by atoms with Crippen molar-refractivity contribution in [3.8, 4) is 0 Å². The molecular weight excluding hydrogens is 219 g/mol. The number of rotatable bonds is 1. The average molecular weight is 226 g/mol. The molecule has 0 fully saturated rings. The van der Waals surface area contributed by atoms with E-state index in [2.05, 4.69) is 0 Å². The first-order chi connectivity index (χ1) is 6.73. The zero-order chi connectivity index (χ0) is 11.8. The Labute approximate surface area is 81.7 Å². The number of anilines is 1. The average Bonchev–Trinajstić information content (AvgIpc) is 2.08. The van der Waals surface area contributed by atoms with Crippen LogP contribution in [0.25, 0.3) is 0 Å². The highest BCUT2D eigenvalue weighted by molar-refractivity contribution is 5.50. The summed E-state index contributed by atoms with van der Waals surface area (Å²) in [4.78, 5) is 0. The Morgan fingerprint density at radius 3 is 2.13 bits per heavy atom. The minimum atomic E-state index is -4.80. The highest BCUT2D eigenvalue weighted by Gasteiger charge is 2.39. The van der Waals surface area contributed by atoms with Gasteiger partial charge in [0.1, 0.15) is 17.7 Å². The fraction of sp³-hybridized carbons (Fsp3) is 0.250. The van der Waals surface area contributed by atoms with Crippen LogP contribution in [0.5, 0.6) is 0 Å². The van der Waals surface area contributed by atoms with Crippen molar-refractivity contribution in [1.29, 1.82) is 0 Å². The smallest absolute Gasteiger partial charge is 0.396 e. The standard InChI is InChI=1S/C8H7F5N2/c9-3-1-4(6(14)5(10)2-3)7(15)8(11,12)13/h1-2,7H,14-15H2/t7-/m1/s1. The first-order valence-electron chi connectivity index (χ1n) is 3.80. The minimum Gasteiger partial charge on any atom is -0.396 e. The van der Waals surface area contributed by atoms with E-state index in [1.54, 1.807) is 0 Å². The molecule has 7 heteroatoms.